The molecular weight excluding hydrogens is 306 g/mol. The first-order valence-corrected chi connectivity index (χ1v) is 7.89. The fourth-order valence-corrected chi connectivity index (χ4v) is 2.32. The van der Waals surface area contributed by atoms with Gasteiger partial charge in [0.2, 0.25) is 5.91 Å². The predicted octanol–water partition coefficient (Wildman–Crippen LogP) is 2.68. The molecule has 0 radical (unpaired) electrons. The Morgan fingerprint density at radius 3 is 2.50 bits per heavy atom. The maximum absolute atomic E-state index is 12.0. The van der Waals surface area contributed by atoms with E-state index >= 15 is 0 Å². The van der Waals surface area contributed by atoms with Crippen molar-refractivity contribution in [2.24, 2.45) is 0 Å². The van der Waals surface area contributed by atoms with E-state index in [1.165, 1.54) is 0 Å². The minimum Gasteiger partial charge on any atom is -0.494 e. The number of amides is 1. The van der Waals surface area contributed by atoms with Crippen molar-refractivity contribution in [3.8, 4) is 5.75 Å². The molecule has 5 heteroatoms. The third-order valence-electron chi connectivity index (χ3n) is 3.51. The zero-order valence-corrected chi connectivity index (χ0v) is 13.6. The standard InChI is InChI=1S/C19H21NO4/c1-2-24-17-8-6-15(7-9-17)13-18(21)20-11-10-14-4-3-5-16(12-14)19(22)23/h3-9,12H,2,10-11,13H2,1H3,(H,20,21)(H,22,23). The summed E-state index contributed by atoms with van der Waals surface area (Å²) in [6.45, 7) is 3.01. The Kier molecular flexibility index (Phi) is 6.37. The van der Waals surface area contributed by atoms with Crippen molar-refractivity contribution in [1.29, 1.82) is 0 Å². The molecule has 0 spiro atoms. The van der Waals surface area contributed by atoms with Crippen LogP contribution < -0.4 is 10.1 Å². The molecule has 2 N–H and O–H groups in total. The van der Waals surface area contributed by atoms with Gasteiger partial charge in [0, 0.05) is 6.54 Å². The zero-order chi connectivity index (χ0) is 17.4. The third kappa shape index (κ3) is 5.43. The predicted molar refractivity (Wildman–Crippen MR) is 91.4 cm³/mol. The number of ether oxygens (including phenoxy) is 1. The van der Waals surface area contributed by atoms with Crippen LogP contribution in [0.3, 0.4) is 0 Å². The topological polar surface area (TPSA) is 75.6 Å². The highest BCUT2D eigenvalue weighted by Gasteiger charge is 2.05. The van der Waals surface area contributed by atoms with E-state index in [4.69, 9.17) is 9.84 Å². The first-order chi connectivity index (χ1) is 11.6. The lowest BCUT2D eigenvalue weighted by Crippen LogP contribution is -2.27. The molecule has 24 heavy (non-hydrogen) atoms. The SMILES string of the molecule is CCOc1ccc(CC(=O)NCCc2cccc(C(=O)O)c2)cc1. The van der Waals surface area contributed by atoms with Gasteiger partial charge in [-0.15, -0.1) is 0 Å². The van der Waals surface area contributed by atoms with E-state index in [0.717, 1.165) is 16.9 Å². The van der Waals surface area contributed by atoms with Crippen LogP contribution >= 0.6 is 0 Å². The van der Waals surface area contributed by atoms with Crippen LogP contribution in [0, 0.1) is 0 Å². The van der Waals surface area contributed by atoms with E-state index < -0.39 is 5.97 Å². The second-order valence-electron chi connectivity index (χ2n) is 5.36. The Labute approximate surface area is 141 Å². The first-order valence-electron chi connectivity index (χ1n) is 7.89. The van der Waals surface area contributed by atoms with E-state index in [1.807, 2.05) is 37.3 Å². The van der Waals surface area contributed by atoms with E-state index in [9.17, 15) is 9.59 Å². The van der Waals surface area contributed by atoms with Gasteiger partial charge in [-0.05, 0) is 48.7 Å². The molecule has 0 aliphatic carbocycles. The van der Waals surface area contributed by atoms with E-state index in [-0.39, 0.29) is 11.5 Å². The van der Waals surface area contributed by atoms with Gasteiger partial charge in [-0.3, -0.25) is 4.79 Å². The van der Waals surface area contributed by atoms with E-state index in [1.54, 1.807) is 18.2 Å². The highest BCUT2D eigenvalue weighted by atomic mass is 16.5. The Bertz CT molecular complexity index is 695. The number of carboxylic acid groups (broad SMARTS) is 1. The molecule has 2 rings (SSSR count). The lowest BCUT2D eigenvalue weighted by Gasteiger charge is -2.07. The van der Waals surface area contributed by atoms with Gasteiger partial charge in [-0.25, -0.2) is 4.79 Å². The maximum Gasteiger partial charge on any atom is 0.335 e. The van der Waals surface area contributed by atoms with Crippen LogP contribution in [0.4, 0.5) is 0 Å². The van der Waals surface area contributed by atoms with Crippen molar-refractivity contribution < 1.29 is 19.4 Å². The van der Waals surface area contributed by atoms with Crippen molar-refractivity contribution in [1.82, 2.24) is 5.32 Å². The number of carbonyl (C=O) groups is 2. The van der Waals surface area contributed by atoms with Crippen molar-refractivity contribution >= 4 is 11.9 Å². The molecule has 5 nitrogen and oxygen atoms in total. The number of hydrogen-bond acceptors (Lipinski definition) is 3. The summed E-state index contributed by atoms with van der Waals surface area (Å²) < 4.78 is 5.36. The number of benzene rings is 2. The van der Waals surface area contributed by atoms with Crippen LogP contribution in [0.2, 0.25) is 0 Å². The number of aromatic carboxylic acids is 1. The van der Waals surface area contributed by atoms with Gasteiger partial charge in [0.15, 0.2) is 0 Å². The van der Waals surface area contributed by atoms with Gasteiger partial charge in [-0.2, -0.15) is 0 Å². The quantitative estimate of drug-likeness (QED) is 0.781. The molecule has 0 saturated heterocycles. The van der Waals surface area contributed by atoms with E-state index in [0.29, 0.717) is 26.0 Å². The van der Waals surface area contributed by atoms with Crippen LogP contribution in [-0.4, -0.2) is 30.1 Å². The average Bonchev–Trinajstić information content (AvgIpc) is 2.57. The maximum atomic E-state index is 12.0. The highest BCUT2D eigenvalue weighted by molar-refractivity contribution is 5.87. The normalized spacial score (nSPS) is 10.2. The smallest absolute Gasteiger partial charge is 0.335 e. The Balaban J connectivity index is 1.78. The molecule has 0 atom stereocenters. The second-order valence-corrected chi connectivity index (χ2v) is 5.36. The van der Waals surface area contributed by atoms with Crippen LogP contribution in [0.5, 0.6) is 5.75 Å². The molecular formula is C19H21NO4. The van der Waals surface area contributed by atoms with Crippen molar-refractivity contribution in [2.45, 2.75) is 19.8 Å². The summed E-state index contributed by atoms with van der Waals surface area (Å²) in [5, 5.41) is 11.8. The lowest BCUT2D eigenvalue weighted by atomic mass is 10.1. The molecule has 126 valence electrons. The van der Waals surface area contributed by atoms with Crippen LogP contribution in [0.15, 0.2) is 48.5 Å². The van der Waals surface area contributed by atoms with Gasteiger partial charge < -0.3 is 15.2 Å². The summed E-state index contributed by atoms with van der Waals surface area (Å²) in [6.07, 6.45) is 0.901. The number of hydrogen-bond donors (Lipinski definition) is 2. The summed E-state index contributed by atoms with van der Waals surface area (Å²) in [5.74, 6) is -0.218. The molecule has 2 aromatic rings. The lowest BCUT2D eigenvalue weighted by molar-refractivity contribution is -0.120. The largest absolute Gasteiger partial charge is 0.494 e. The molecule has 0 aliphatic heterocycles. The molecule has 0 aromatic heterocycles. The second kappa shape index (κ2) is 8.72. The van der Waals surface area contributed by atoms with Gasteiger partial charge in [0.05, 0.1) is 18.6 Å². The average molecular weight is 327 g/mol. The molecule has 0 saturated carbocycles. The molecule has 1 amide bonds. The monoisotopic (exact) mass is 327 g/mol. The van der Waals surface area contributed by atoms with E-state index in [2.05, 4.69) is 5.32 Å². The minimum absolute atomic E-state index is 0.0615. The number of rotatable bonds is 8. The van der Waals surface area contributed by atoms with Crippen LogP contribution in [0.1, 0.15) is 28.4 Å². The molecule has 0 bridgehead atoms. The molecule has 2 aromatic carbocycles. The Morgan fingerprint density at radius 2 is 1.83 bits per heavy atom. The van der Waals surface area contributed by atoms with Crippen molar-refractivity contribution in [3.05, 3.63) is 65.2 Å². The molecule has 0 heterocycles. The summed E-state index contributed by atoms with van der Waals surface area (Å²) in [4.78, 5) is 22.9. The van der Waals surface area contributed by atoms with Crippen molar-refractivity contribution in [3.63, 3.8) is 0 Å². The fourth-order valence-electron chi connectivity index (χ4n) is 2.32. The minimum atomic E-state index is -0.948. The number of nitrogens with one attached hydrogen (secondary N) is 1. The van der Waals surface area contributed by atoms with Crippen LogP contribution in [0.25, 0.3) is 0 Å². The zero-order valence-electron chi connectivity index (χ0n) is 13.6. The third-order valence-corrected chi connectivity index (χ3v) is 3.51. The highest BCUT2D eigenvalue weighted by Crippen LogP contribution is 2.12. The fraction of sp³-hybridized carbons (Fsp3) is 0.263. The molecule has 0 fully saturated rings. The summed E-state index contributed by atoms with van der Waals surface area (Å²) >= 11 is 0. The molecule has 0 unspecified atom stereocenters. The Morgan fingerprint density at radius 1 is 1.08 bits per heavy atom. The first kappa shape index (κ1) is 17.5. The van der Waals surface area contributed by atoms with Gasteiger partial charge in [0.1, 0.15) is 5.75 Å². The summed E-state index contributed by atoms with van der Waals surface area (Å²) in [5.41, 5.74) is 2.06. The summed E-state index contributed by atoms with van der Waals surface area (Å²) in [6, 6.07) is 14.2. The van der Waals surface area contributed by atoms with Crippen molar-refractivity contribution in [2.75, 3.05) is 13.2 Å². The Hall–Kier alpha value is -2.82. The number of carbonyl (C=O) groups excluding carboxylic acids is 1. The van der Waals surface area contributed by atoms with Crippen LogP contribution in [-0.2, 0) is 17.6 Å². The van der Waals surface area contributed by atoms with Gasteiger partial charge >= 0.3 is 5.97 Å². The van der Waals surface area contributed by atoms with Gasteiger partial charge in [0.25, 0.3) is 0 Å². The molecule has 0 aliphatic rings. The van der Waals surface area contributed by atoms with Gasteiger partial charge in [-0.1, -0.05) is 24.3 Å². The number of carboxylic acids is 1. The summed E-state index contributed by atoms with van der Waals surface area (Å²) in [7, 11) is 0.